The Kier molecular flexibility index (Phi) is 6.40. The van der Waals surface area contributed by atoms with E-state index in [1.165, 1.54) is 37.0 Å². The van der Waals surface area contributed by atoms with Gasteiger partial charge in [-0.05, 0) is 24.6 Å². The number of hydrogen-bond acceptors (Lipinski definition) is 4. The van der Waals surface area contributed by atoms with Gasteiger partial charge in [0.05, 0.1) is 13.7 Å². The number of nitrogens with zero attached hydrogens (tertiary/aromatic N) is 2. The molecule has 0 aromatic carbocycles. The van der Waals surface area contributed by atoms with Gasteiger partial charge in [0.1, 0.15) is 17.6 Å². The largest absolute Gasteiger partial charge is 0.499 e. The molecule has 2 aliphatic rings. The smallest absolute Gasteiger partial charge is 0.270 e. The Morgan fingerprint density at radius 3 is 2.83 bits per heavy atom. The van der Waals surface area contributed by atoms with Gasteiger partial charge in [-0.1, -0.05) is 25.7 Å². The number of rotatable bonds is 7. The summed E-state index contributed by atoms with van der Waals surface area (Å²) < 4.78 is 5.15. The van der Waals surface area contributed by atoms with Crippen LogP contribution < -0.4 is 11.1 Å². The molecule has 1 unspecified atom stereocenters. The van der Waals surface area contributed by atoms with Crippen molar-refractivity contribution in [1.82, 2.24) is 10.2 Å². The van der Waals surface area contributed by atoms with Crippen molar-refractivity contribution < 1.29 is 14.3 Å². The molecule has 7 nitrogen and oxygen atoms in total. The van der Waals surface area contributed by atoms with E-state index < -0.39 is 6.04 Å². The molecule has 2 rings (SSSR count). The van der Waals surface area contributed by atoms with E-state index in [9.17, 15) is 9.59 Å². The van der Waals surface area contributed by atoms with E-state index in [1.807, 2.05) is 0 Å². The van der Waals surface area contributed by atoms with Crippen molar-refractivity contribution in [1.29, 1.82) is 0 Å². The predicted octanol–water partition coefficient (Wildman–Crippen LogP) is 0.925. The number of amidine groups is 1. The molecule has 1 heterocycles. The van der Waals surface area contributed by atoms with E-state index in [0.717, 1.165) is 12.8 Å². The average molecular weight is 334 g/mol. The first-order valence-corrected chi connectivity index (χ1v) is 8.32. The van der Waals surface area contributed by atoms with Gasteiger partial charge in [-0.2, -0.15) is 4.99 Å². The van der Waals surface area contributed by atoms with Crippen molar-refractivity contribution in [3.8, 4) is 0 Å². The van der Waals surface area contributed by atoms with Crippen LogP contribution in [-0.2, 0) is 14.3 Å². The van der Waals surface area contributed by atoms with Crippen LogP contribution in [0.15, 0.2) is 29.1 Å². The monoisotopic (exact) mass is 334 g/mol. The van der Waals surface area contributed by atoms with Crippen LogP contribution in [-0.4, -0.2) is 49.3 Å². The number of nitrogens with two attached hydrogens (primary N) is 1. The zero-order valence-electron chi connectivity index (χ0n) is 14.3. The van der Waals surface area contributed by atoms with Crippen LogP contribution in [0.3, 0.4) is 0 Å². The molecule has 24 heavy (non-hydrogen) atoms. The minimum Gasteiger partial charge on any atom is -0.499 e. The third kappa shape index (κ3) is 4.59. The van der Waals surface area contributed by atoms with Gasteiger partial charge in [0, 0.05) is 13.1 Å². The molecule has 0 aromatic heterocycles. The van der Waals surface area contributed by atoms with Crippen molar-refractivity contribution in [2.45, 2.75) is 38.1 Å². The fraction of sp³-hybridized carbons (Fsp3) is 0.588. The third-order valence-electron chi connectivity index (χ3n) is 4.51. The molecule has 3 N–H and O–H groups in total. The second-order valence-corrected chi connectivity index (χ2v) is 6.18. The maximum absolute atomic E-state index is 12.7. The Bertz CT molecular complexity index is 562. The number of amides is 2. The van der Waals surface area contributed by atoms with Gasteiger partial charge in [0.25, 0.3) is 11.8 Å². The van der Waals surface area contributed by atoms with Gasteiger partial charge in [-0.3, -0.25) is 9.59 Å². The van der Waals surface area contributed by atoms with Crippen molar-refractivity contribution in [3.05, 3.63) is 24.1 Å². The zero-order chi connectivity index (χ0) is 17.5. The highest BCUT2D eigenvalue weighted by atomic mass is 16.5. The Morgan fingerprint density at radius 2 is 2.25 bits per heavy atom. The molecular formula is C17H26N4O3. The van der Waals surface area contributed by atoms with Crippen LogP contribution >= 0.6 is 0 Å². The Balaban J connectivity index is 2.14. The number of carbonyl (C=O) groups is 2. The highest BCUT2D eigenvalue weighted by Crippen LogP contribution is 2.31. The summed E-state index contributed by atoms with van der Waals surface area (Å²) in [4.78, 5) is 30.4. The van der Waals surface area contributed by atoms with Crippen molar-refractivity contribution >= 4 is 17.6 Å². The Hall–Kier alpha value is -2.31. The molecular weight excluding hydrogens is 308 g/mol. The standard InChI is InChI=1S/C17H26N4O3/c1-19-8-7-15(18)20-17(23)14(9-12-5-3-4-6-12)21-11-13(24-2)10-16(21)22/h7-8,10,12,14,19H,3-6,9,11H2,1-2H3,(H2,18,20,23). The van der Waals surface area contributed by atoms with E-state index in [2.05, 4.69) is 10.3 Å². The lowest BCUT2D eigenvalue weighted by atomic mass is 9.97. The highest BCUT2D eigenvalue weighted by Gasteiger charge is 2.36. The molecule has 0 spiro atoms. The number of aliphatic imine (C=N–C) groups is 1. The minimum atomic E-state index is -0.592. The first kappa shape index (κ1) is 18.0. The molecule has 1 fully saturated rings. The summed E-state index contributed by atoms with van der Waals surface area (Å²) in [6, 6.07) is -0.592. The summed E-state index contributed by atoms with van der Waals surface area (Å²) in [6.07, 6.45) is 9.73. The molecule has 2 amide bonds. The molecule has 132 valence electrons. The van der Waals surface area contributed by atoms with Crippen LogP contribution in [0.2, 0.25) is 0 Å². The lowest BCUT2D eigenvalue weighted by molar-refractivity contribution is -0.134. The number of hydrogen-bond donors (Lipinski definition) is 2. The van der Waals surface area contributed by atoms with Crippen molar-refractivity contribution in [3.63, 3.8) is 0 Å². The van der Waals surface area contributed by atoms with E-state index in [-0.39, 0.29) is 17.6 Å². The number of nitrogens with one attached hydrogen (secondary N) is 1. The SMILES string of the molecule is CNC=CC(N)=NC(=O)C(CC1CCCC1)N1CC(OC)=CC1=O. The van der Waals surface area contributed by atoms with Crippen LogP contribution in [0, 0.1) is 5.92 Å². The predicted molar refractivity (Wildman–Crippen MR) is 92.0 cm³/mol. The van der Waals surface area contributed by atoms with Crippen molar-refractivity contribution in [2.24, 2.45) is 16.6 Å². The van der Waals surface area contributed by atoms with Crippen LogP contribution in [0.4, 0.5) is 0 Å². The maximum atomic E-state index is 12.7. The fourth-order valence-corrected chi connectivity index (χ4v) is 3.23. The first-order chi connectivity index (χ1) is 11.5. The van der Waals surface area contributed by atoms with E-state index in [4.69, 9.17) is 10.5 Å². The molecule has 1 aliphatic heterocycles. The van der Waals surface area contributed by atoms with Gasteiger partial charge in [0.2, 0.25) is 0 Å². The lowest BCUT2D eigenvalue weighted by Crippen LogP contribution is -2.43. The normalized spacial score (nSPS) is 20.6. The van der Waals surface area contributed by atoms with Gasteiger partial charge in [-0.15, -0.1) is 0 Å². The topological polar surface area (TPSA) is 97.0 Å². The molecule has 0 radical (unpaired) electrons. The lowest BCUT2D eigenvalue weighted by Gasteiger charge is -2.27. The average Bonchev–Trinajstić information content (AvgIpc) is 3.19. The third-order valence-corrected chi connectivity index (χ3v) is 4.51. The van der Waals surface area contributed by atoms with Crippen LogP contribution in [0.5, 0.6) is 0 Å². The van der Waals surface area contributed by atoms with Gasteiger partial charge in [0.15, 0.2) is 0 Å². The molecule has 0 aromatic rings. The maximum Gasteiger partial charge on any atom is 0.270 e. The Labute approximate surface area is 142 Å². The Morgan fingerprint density at radius 1 is 1.54 bits per heavy atom. The molecule has 1 aliphatic carbocycles. The summed E-state index contributed by atoms with van der Waals surface area (Å²) in [5.74, 6) is 0.554. The first-order valence-electron chi connectivity index (χ1n) is 8.32. The minimum absolute atomic E-state index is 0.123. The highest BCUT2D eigenvalue weighted by molar-refractivity contribution is 6.03. The van der Waals surface area contributed by atoms with Gasteiger partial charge in [-0.25, -0.2) is 0 Å². The van der Waals surface area contributed by atoms with Crippen LogP contribution in [0.25, 0.3) is 0 Å². The summed E-state index contributed by atoms with van der Waals surface area (Å²) in [5.41, 5.74) is 5.75. The van der Waals surface area contributed by atoms with E-state index in [1.54, 1.807) is 13.2 Å². The fourth-order valence-electron chi connectivity index (χ4n) is 3.23. The summed E-state index contributed by atoms with van der Waals surface area (Å²) in [5, 5.41) is 2.79. The number of methoxy groups -OCH3 is 1. The molecule has 1 saturated carbocycles. The molecule has 0 bridgehead atoms. The number of carbonyl (C=O) groups excluding carboxylic acids is 2. The molecule has 1 atom stereocenters. The molecule has 0 saturated heterocycles. The van der Waals surface area contributed by atoms with Gasteiger partial charge < -0.3 is 20.7 Å². The van der Waals surface area contributed by atoms with Crippen molar-refractivity contribution in [2.75, 3.05) is 20.7 Å². The second-order valence-electron chi connectivity index (χ2n) is 6.18. The second kappa shape index (κ2) is 8.52. The van der Waals surface area contributed by atoms with E-state index >= 15 is 0 Å². The summed E-state index contributed by atoms with van der Waals surface area (Å²) in [7, 11) is 3.25. The quantitative estimate of drug-likeness (QED) is 0.533. The zero-order valence-corrected chi connectivity index (χ0v) is 14.3. The van der Waals surface area contributed by atoms with E-state index in [0.29, 0.717) is 24.6 Å². The summed E-state index contributed by atoms with van der Waals surface area (Å²) >= 11 is 0. The van der Waals surface area contributed by atoms with Gasteiger partial charge >= 0.3 is 0 Å². The number of ether oxygens (including phenoxy) is 1. The molecule has 7 heteroatoms. The summed E-state index contributed by atoms with van der Waals surface area (Å²) in [6.45, 7) is 0.306. The van der Waals surface area contributed by atoms with Crippen LogP contribution in [0.1, 0.15) is 32.1 Å².